The highest BCUT2D eigenvalue weighted by Crippen LogP contribution is 2.36. The maximum Gasteiger partial charge on any atom is 0.319 e. The van der Waals surface area contributed by atoms with Gasteiger partial charge in [0.1, 0.15) is 11.9 Å². The number of fused-ring (bicyclic) bond motifs is 2. The number of aryl methyl sites for hydroxylation is 1. The van der Waals surface area contributed by atoms with E-state index in [0.717, 1.165) is 49.3 Å². The Bertz CT molecular complexity index is 1560. The lowest BCUT2D eigenvalue weighted by molar-refractivity contribution is -0.128. The number of piperazine rings is 1. The summed E-state index contributed by atoms with van der Waals surface area (Å²) in [4.78, 5) is 31.4. The van der Waals surface area contributed by atoms with Crippen molar-refractivity contribution in [1.29, 1.82) is 5.26 Å². The Morgan fingerprint density at radius 1 is 1.14 bits per heavy atom. The average molecular weight is 580 g/mol. The summed E-state index contributed by atoms with van der Waals surface area (Å²) in [5.74, 6) is 0.743. The molecule has 0 unspecified atom stereocenters. The summed E-state index contributed by atoms with van der Waals surface area (Å²) < 4.78 is 6.59. The van der Waals surface area contributed by atoms with E-state index in [1.807, 2.05) is 0 Å². The minimum atomic E-state index is -0.231. The zero-order valence-corrected chi connectivity index (χ0v) is 25.5. The number of nitrogens with zero attached hydrogens (tertiary/aromatic N) is 7. The minimum Gasteiger partial charge on any atom is -0.458 e. The predicted molar refractivity (Wildman–Crippen MR) is 169 cm³/mol. The number of aromatic nitrogens is 2. The number of hydrogen-bond acceptors (Lipinski definition) is 8. The fourth-order valence-corrected chi connectivity index (χ4v) is 7.18. The van der Waals surface area contributed by atoms with E-state index < -0.39 is 0 Å². The maximum absolute atomic E-state index is 12.6. The molecule has 2 fully saturated rings. The summed E-state index contributed by atoms with van der Waals surface area (Å²) in [7, 11) is 4.21. The second kappa shape index (κ2) is 12.2. The van der Waals surface area contributed by atoms with Crippen LogP contribution in [0.15, 0.2) is 49.1 Å². The molecule has 224 valence electrons. The van der Waals surface area contributed by atoms with Gasteiger partial charge in [-0.2, -0.15) is 15.2 Å². The number of anilines is 2. The largest absolute Gasteiger partial charge is 0.458 e. The second-order valence-corrected chi connectivity index (χ2v) is 12.2. The Labute approximate surface area is 254 Å². The Morgan fingerprint density at radius 3 is 2.72 bits per heavy atom. The van der Waals surface area contributed by atoms with Crippen LogP contribution in [0.1, 0.15) is 42.5 Å². The molecule has 2 aromatic carbocycles. The van der Waals surface area contributed by atoms with E-state index in [-0.39, 0.29) is 24.5 Å². The molecule has 3 heterocycles. The van der Waals surface area contributed by atoms with Crippen LogP contribution in [0.25, 0.3) is 10.8 Å². The van der Waals surface area contributed by atoms with E-state index in [2.05, 4.69) is 84.8 Å². The third-order valence-electron chi connectivity index (χ3n) is 9.36. The van der Waals surface area contributed by atoms with Crippen molar-refractivity contribution in [3.63, 3.8) is 0 Å². The Balaban J connectivity index is 1.37. The molecule has 3 aliphatic rings. The summed E-state index contributed by atoms with van der Waals surface area (Å²) >= 11 is 0. The van der Waals surface area contributed by atoms with Crippen LogP contribution in [0, 0.1) is 18.3 Å². The summed E-state index contributed by atoms with van der Waals surface area (Å²) in [6, 6.07) is 15.8. The van der Waals surface area contributed by atoms with Gasteiger partial charge in [-0.05, 0) is 69.8 Å². The van der Waals surface area contributed by atoms with E-state index in [0.29, 0.717) is 38.2 Å². The first-order valence-corrected chi connectivity index (χ1v) is 15.4. The quantitative estimate of drug-likeness (QED) is 0.379. The molecule has 2 aliphatic heterocycles. The highest BCUT2D eigenvalue weighted by Gasteiger charge is 2.35. The van der Waals surface area contributed by atoms with E-state index in [4.69, 9.17) is 14.7 Å². The maximum atomic E-state index is 12.6. The molecular formula is C34H41N7O2. The number of amides is 1. The number of ether oxygens (including phenoxy) is 1. The Kier molecular flexibility index (Phi) is 8.22. The number of hydrogen-bond donors (Lipinski definition) is 0. The van der Waals surface area contributed by atoms with Crippen molar-refractivity contribution in [2.75, 3.05) is 50.1 Å². The van der Waals surface area contributed by atoms with Crippen LogP contribution in [0.5, 0.6) is 6.01 Å². The third kappa shape index (κ3) is 5.64. The van der Waals surface area contributed by atoms with Crippen LogP contribution in [-0.4, -0.2) is 84.1 Å². The van der Waals surface area contributed by atoms with Gasteiger partial charge >= 0.3 is 6.01 Å². The molecule has 0 N–H and O–H groups in total. The molecule has 1 amide bonds. The van der Waals surface area contributed by atoms with E-state index in [1.54, 1.807) is 4.90 Å². The zero-order chi connectivity index (χ0) is 30.1. The first-order valence-electron chi connectivity index (χ1n) is 15.4. The number of likely N-dealkylation sites (N-methyl/N-ethyl adjacent to an activating group) is 1. The molecule has 9 nitrogen and oxygen atoms in total. The number of carbonyl (C=O) groups is 1. The van der Waals surface area contributed by atoms with Crippen molar-refractivity contribution < 1.29 is 9.53 Å². The molecule has 1 aliphatic carbocycles. The van der Waals surface area contributed by atoms with Gasteiger partial charge in [-0.3, -0.25) is 4.79 Å². The monoisotopic (exact) mass is 579 g/mol. The lowest BCUT2D eigenvalue weighted by atomic mass is 9.99. The van der Waals surface area contributed by atoms with Crippen molar-refractivity contribution in [2.24, 2.45) is 0 Å². The van der Waals surface area contributed by atoms with Gasteiger partial charge in [0.15, 0.2) is 0 Å². The van der Waals surface area contributed by atoms with Crippen molar-refractivity contribution in [2.45, 2.75) is 63.8 Å². The molecule has 3 atom stereocenters. The first-order chi connectivity index (χ1) is 20.9. The standard InChI is InChI=1S/C34H41N7O2/c1-5-31(42)41-20-19-40(21-25(41)15-17-35)33-26-16-18-39(29-13-7-11-24-10-6-9-23(2)32(24)29)22-27(26)36-34(37-33)43-30-14-8-12-28(30)38(3)4/h5-7,9-11,13,25,28,30H,1,8,12,14-16,18-22H2,2-4H3/t25-,28+,30-/m0/s1. The van der Waals surface area contributed by atoms with Crippen molar-refractivity contribution in [1.82, 2.24) is 19.8 Å². The topological polar surface area (TPSA) is 88.8 Å². The number of nitriles is 1. The summed E-state index contributed by atoms with van der Waals surface area (Å²) in [6.45, 7) is 9.02. The van der Waals surface area contributed by atoms with Crippen LogP contribution in [0.3, 0.4) is 0 Å². The second-order valence-electron chi connectivity index (χ2n) is 12.2. The van der Waals surface area contributed by atoms with Gasteiger partial charge in [-0.25, -0.2) is 0 Å². The van der Waals surface area contributed by atoms with Crippen molar-refractivity contribution in [3.05, 3.63) is 65.9 Å². The van der Waals surface area contributed by atoms with Gasteiger partial charge in [0.05, 0.1) is 30.8 Å². The molecule has 0 spiro atoms. The smallest absolute Gasteiger partial charge is 0.319 e. The van der Waals surface area contributed by atoms with E-state index in [9.17, 15) is 10.1 Å². The van der Waals surface area contributed by atoms with Gasteiger partial charge in [0.25, 0.3) is 0 Å². The molecular weight excluding hydrogens is 538 g/mol. The normalized spacial score (nSPS) is 22.0. The molecule has 1 aromatic heterocycles. The number of carbonyl (C=O) groups excluding carboxylic acids is 1. The predicted octanol–water partition coefficient (Wildman–Crippen LogP) is 4.48. The van der Waals surface area contributed by atoms with Crippen molar-refractivity contribution in [3.8, 4) is 12.1 Å². The minimum absolute atomic E-state index is 0.0368. The van der Waals surface area contributed by atoms with E-state index in [1.165, 1.54) is 28.1 Å². The highest BCUT2D eigenvalue weighted by atomic mass is 16.5. The molecule has 3 aromatic rings. The average Bonchev–Trinajstić information content (AvgIpc) is 3.48. The van der Waals surface area contributed by atoms with Crippen LogP contribution in [-0.2, 0) is 17.8 Å². The Hall–Kier alpha value is -4.16. The van der Waals surface area contributed by atoms with Crippen LogP contribution in [0.4, 0.5) is 11.5 Å². The van der Waals surface area contributed by atoms with E-state index >= 15 is 0 Å². The SMILES string of the molecule is C=CC(=O)N1CCN(c2nc(O[C@H]3CCC[C@H]3N(C)C)nc3c2CCN(c2cccc4cccc(C)c24)C3)C[C@@H]1CC#N. The molecule has 0 radical (unpaired) electrons. The molecule has 1 saturated carbocycles. The van der Waals surface area contributed by atoms with Crippen molar-refractivity contribution >= 4 is 28.2 Å². The molecule has 6 rings (SSSR count). The van der Waals surface area contributed by atoms with Gasteiger partial charge < -0.3 is 24.3 Å². The van der Waals surface area contributed by atoms with Gasteiger partial charge in [0.2, 0.25) is 5.91 Å². The number of rotatable bonds is 7. The summed E-state index contributed by atoms with van der Waals surface area (Å²) in [5, 5.41) is 12.1. The van der Waals surface area contributed by atoms with Crippen LogP contribution in [0.2, 0.25) is 0 Å². The fraction of sp³-hybridized carbons (Fsp3) is 0.471. The lowest BCUT2D eigenvalue weighted by Crippen LogP contribution is -2.55. The zero-order valence-electron chi connectivity index (χ0n) is 25.5. The highest BCUT2D eigenvalue weighted by molar-refractivity contribution is 5.97. The molecule has 43 heavy (non-hydrogen) atoms. The van der Waals surface area contributed by atoms with Gasteiger partial charge in [0, 0.05) is 48.9 Å². The van der Waals surface area contributed by atoms with Crippen LogP contribution >= 0.6 is 0 Å². The third-order valence-corrected chi connectivity index (χ3v) is 9.36. The molecule has 1 saturated heterocycles. The first kappa shape index (κ1) is 28.9. The molecule has 9 heteroatoms. The fourth-order valence-electron chi connectivity index (χ4n) is 7.18. The number of benzene rings is 2. The summed E-state index contributed by atoms with van der Waals surface area (Å²) in [6.07, 6.45) is 5.62. The Morgan fingerprint density at radius 2 is 1.95 bits per heavy atom. The molecule has 0 bridgehead atoms. The summed E-state index contributed by atoms with van der Waals surface area (Å²) in [5.41, 5.74) is 4.60. The van der Waals surface area contributed by atoms with Crippen LogP contribution < -0.4 is 14.5 Å². The van der Waals surface area contributed by atoms with Gasteiger partial charge in [-0.15, -0.1) is 0 Å². The lowest BCUT2D eigenvalue weighted by Gasteiger charge is -2.42. The van der Waals surface area contributed by atoms with Gasteiger partial charge in [-0.1, -0.05) is 36.9 Å².